The summed E-state index contributed by atoms with van der Waals surface area (Å²) in [4.78, 5) is 23.4. The van der Waals surface area contributed by atoms with E-state index in [1.807, 2.05) is 0 Å². The van der Waals surface area contributed by atoms with Crippen molar-refractivity contribution in [2.45, 2.75) is 63.4 Å². The molecule has 1 aromatic rings. The van der Waals surface area contributed by atoms with Gasteiger partial charge in [0.2, 0.25) is 15.9 Å². The molecule has 0 aliphatic heterocycles. The van der Waals surface area contributed by atoms with Gasteiger partial charge < -0.3 is 10.4 Å². The summed E-state index contributed by atoms with van der Waals surface area (Å²) in [5, 5.41) is 15.9. The van der Waals surface area contributed by atoms with Crippen LogP contribution in [0.5, 0.6) is 0 Å². The Balaban J connectivity index is 1.97. The Kier molecular flexibility index (Phi) is 6.07. The third-order valence-electron chi connectivity index (χ3n) is 4.86. The third kappa shape index (κ3) is 4.42. The van der Waals surface area contributed by atoms with Gasteiger partial charge in [0.05, 0.1) is 23.3 Å². The second kappa shape index (κ2) is 7.75. The Morgan fingerprint density at radius 2 is 1.81 bits per heavy atom. The van der Waals surface area contributed by atoms with Crippen LogP contribution in [0.25, 0.3) is 0 Å². The average molecular weight is 386 g/mol. The number of carbonyl (C=O) groups is 2. The molecule has 2 rings (SSSR count). The quantitative estimate of drug-likeness (QED) is 0.651. The number of carbonyl (C=O) groups excluding carboxylic acids is 1. The first-order chi connectivity index (χ1) is 12.0. The summed E-state index contributed by atoms with van der Waals surface area (Å²) in [6.45, 7) is 4.74. The number of sulfonamides is 1. The van der Waals surface area contributed by atoms with E-state index in [-0.39, 0.29) is 16.9 Å². The number of hydrogen-bond donors (Lipinski definition) is 3. The van der Waals surface area contributed by atoms with Gasteiger partial charge in [-0.15, -0.1) is 0 Å². The van der Waals surface area contributed by atoms with E-state index in [4.69, 9.17) is 5.11 Å². The van der Waals surface area contributed by atoms with Crippen molar-refractivity contribution < 1.29 is 23.1 Å². The zero-order valence-electron chi connectivity index (χ0n) is 15.4. The Morgan fingerprint density at radius 3 is 2.27 bits per heavy atom. The lowest BCUT2D eigenvalue weighted by molar-refractivity contribution is -0.142. The van der Waals surface area contributed by atoms with E-state index in [9.17, 15) is 18.0 Å². The number of rotatable bonds is 6. The standard InChI is InChI=1S/C16H26N4O5S/c1-9-14(11(3)20(4)18-9)26(24,25)19-10(2)15(21)17-13-7-5-12(6-8-13)16(22)23/h10,12-13,19H,5-8H2,1-4H3,(H,17,21)(H,22,23). The van der Waals surface area contributed by atoms with Crippen LogP contribution in [0.15, 0.2) is 4.90 Å². The van der Waals surface area contributed by atoms with Gasteiger partial charge >= 0.3 is 5.97 Å². The smallest absolute Gasteiger partial charge is 0.306 e. The topological polar surface area (TPSA) is 130 Å². The Bertz CT molecular complexity index is 794. The zero-order valence-corrected chi connectivity index (χ0v) is 16.3. The number of carboxylic acids is 1. The Morgan fingerprint density at radius 1 is 1.23 bits per heavy atom. The van der Waals surface area contributed by atoms with Crippen LogP contribution in [-0.4, -0.2) is 47.3 Å². The van der Waals surface area contributed by atoms with Crippen molar-refractivity contribution in [1.82, 2.24) is 19.8 Å². The highest BCUT2D eigenvalue weighted by Crippen LogP contribution is 2.24. The van der Waals surface area contributed by atoms with Crippen molar-refractivity contribution in [1.29, 1.82) is 0 Å². The van der Waals surface area contributed by atoms with Gasteiger partial charge in [0, 0.05) is 13.1 Å². The lowest BCUT2D eigenvalue weighted by Crippen LogP contribution is -2.49. The van der Waals surface area contributed by atoms with E-state index < -0.39 is 27.9 Å². The lowest BCUT2D eigenvalue weighted by atomic mass is 9.86. The van der Waals surface area contributed by atoms with E-state index in [1.54, 1.807) is 20.9 Å². The molecule has 1 aliphatic rings. The number of nitrogens with one attached hydrogen (secondary N) is 2. The summed E-state index contributed by atoms with van der Waals surface area (Å²) in [6, 6.07) is -1.08. The molecule has 10 heteroatoms. The first-order valence-electron chi connectivity index (χ1n) is 8.58. The fourth-order valence-electron chi connectivity index (χ4n) is 3.30. The highest BCUT2D eigenvalue weighted by molar-refractivity contribution is 7.89. The van der Waals surface area contributed by atoms with Gasteiger partial charge in [-0.3, -0.25) is 14.3 Å². The van der Waals surface area contributed by atoms with Crippen LogP contribution in [0, 0.1) is 19.8 Å². The van der Waals surface area contributed by atoms with Crippen LogP contribution in [0.3, 0.4) is 0 Å². The number of aliphatic carboxylic acids is 1. The van der Waals surface area contributed by atoms with Crippen molar-refractivity contribution >= 4 is 21.9 Å². The van der Waals surface area contributed by atoms with Crippen LogP contribution in [0.4, 0.5) is 0 Å². The minimum absolute atomic E-state index is 0.0848. The molecule has 1 aromatic heterocycles. The van der Waals surface area contributed by atoms with Gasteiger partial charge in [0.15, 0.2) is 0 Å². The van der Waals surface area contributed by atoms with Crippen molar-refractivity contribution in [2.24, 2.45) is 13.0 Å². The van der Waals surface area contributed by atoms with Gasteiger partial charge in [0.1, 0.15) is 4.90 Å². The molecule has 1 saturated carbocycles. The molecular formula is C16H26N4O5S. The predicted molar refractivity (Wildman–Crippen MR) is 94.0 cm³/mol. The monoisotopic (exact) mass is 386 g/mol. The summed E-state index contributed by atoms with van der Waals surface area (Å²) in [6.07, 6.45) is 2.16. The molecule has 0 radical (unpaired) electrons. The molecule has 0 saturated heterocycles. The number of hydrogen-bond acceptors (Lipinski definition) is 5. The average Bonchev–Trinajstić information content (AvgIpc) is 2.80. The maximum Gasteiger partial charge on any atom is 0.306 e. The van der Waals surface area contributed by atoms with Gasteiger partial charge in [-0.1, -0.05) is 0 Å². The summed E-state index contributed by atoms with van der Waals surface area (Å²) >= 11 is 0. The van der Waals surface area contributed by atoms with E-state index >= 15 is 0 Å². The molecule has 1 amide bonds. The predicted octanol–water partition coefficient (Wildman–Crippen LogP) is 0.463. The van der Waals surface area contributed by atoms with Crippen LogP contribution >= 0.6 is 0 Å². The van der Waals surface area contributed by atoms with Crippen LogP contribution < -0.4 is 10.0 Å². The molecule has 26 heavy (non-hydrogen) atoms. The number of nitrogens with zero attached hydrogens (tertiary/aromatic N) is 2. The molecule has 1 unspecified atom stereocenters. The molecule has 146 valence electrons. The molecule has 0 bridgehead atoms. The van der Waals surface area contributed by atoms with E-state index in [2.05, 4.69) is 15.1 Å². The normalized spacial score (nSPS) is 22.0. The minimum atomic E-state index is -3.88. The Labute approximate surface area is 153 Å². The summed E-state index contributed by atoms with van der Waals surface area (Å²) in [7, 11) is -2.22. The summed E-state index contributed by atoms with van der Waals surface area (Å²) in [5.74, 6) is -1.60. The fraction of sp³-hybridized carbons (Fsp3) is 0.688. The SMILES string of the molecule is Cc1nn(C)c(C)c1S(=O)(=O)NC(C)C(=O)NC1CCC(C(=O)O)CC1. The zero-order chi connectivity index (χ0) is 19.6. The van der Waals surface area contributed by atoms with Crippen LogP contribution in [0.2, 0.25) is 0 Å². The van der Waals surface area contributed by atoms with Crippen molar-refractivity contribution in [3.05, 3.63) is 11.4 Å². The Hall–Kier alpha value is -1.94. The van der Waals surface area contributed by atoms with Crippen LogP contribution in [-0.2, 0) is 26.7 Å². The highest BCUT2D eigenvalue weighted by atomic mass is 32.2. The van der Waals surface area contributed by atoms with Crippen molar-refractivity contribution in [3.63, 3.8) is 0 Å². The van der Waals surface area contributed by atoms with E-state index in [1.165, 1.54) is 11.6 Å². The molecule has 3 N–H and O–H groups in total. The third-order valence-corrected chi connectivity index (χ3v) is 6.65. The number of amides is 1. The number of aromatic nitrogens is 2. The minimum Gasteiger partial charge on any atom is -0.481 e. The van der Waals surface area contributed by atoms with E-state index in [0.29, 0.717) is 37.1 Å². The number of carboxylic acid groups (broad SMARTS) is 1. The van der Waals surface area contributed by atoms with Gasteiger partial charge in [-0.05, 0) is 46.5 Å². The molecule has 1 aliphatic carbocycles. The van der Waals surface area contributed by atoms with Gasteiger partial charge in [-0.2, -0.15) is 9.82 Å². The van der Waals surface area contributed by atoms with Crippen molar-refractivity contribution in [2.75, 3.05) is 0 Å². The maximum atomic E-state index is 12.6. The lowest BCUT2D eigenvalue weighted by Gasteiger charge is -2.28. The van der Waals surface area contributed by atoms with Crippen molar-refractivity contribution in [3.8, 4) is 0 Å². The molecule has 0 aromatic carbocycles. The number of aryl methyl sites for hydroxylation is 2. The molecular weight excluding hydrogens is 360 g/mol. The van der Waals surface area contributed by atoms with Crippen LogP contribution in [0.1, 0.15) is 44.0 Å². The highest BCUT2D eigenvalue weighted by Gasteiger charge is 2.30. The first-order valence-corrected chi connectivity index (χ1v) is 10.1. The maximum absolute atomic E-state index is 12.6. The van der Waals surface area contributed by atoms with E-state index in [0.717, 1.165) is 0 Å². The summed E-state index contributed by atoms with van der Waals surface area (Å²) < 4.78 is 29.1. The summed E-state index contributed by atoms with van der Waals surface area (Å²) in [5.41, 5.74) is 0.867. The van der Waals surface area contributed by atoms with Gasteiger partial charge in [-0.25, -0.2) is 8.42 Å². The second-order valence-corrected chi connectivity index (χ2v) is 8.51. The first kappa shape index (κ1) is 20.4. The molecule has 9 nitrogen and oxygen atoms in total. The fourth-order valence-corrected chi connectivity index (χ4v) is 4.94. The molecule has 1 fully saturated rings. The molecule has 0 spiro atoms. The molecule has 1 atom stereocenters. The largest absolute Gasteiger partial charge is 0.481 e. The molecule has 1 heterocycles. The van der Waals surface area contributed by atoms with Gasteiger partial charge in [0.25, 0.3) is 0 Å². The second-order valence-electron chi connectivity index (χ2n) is 6.86.